The number of hydrazine groups is 1. The van der Waals surface area contributed by atoms with Crippen molar-refractivity contribution in [3.05, 3.63) is 52.0 Å². The summed E-state index contributed by atoms with van der Waals surface area (Å²) in [5, 5.41) is 10.9. The lowest BCUT2D eigenvalue weighted by Gasteiger charge is -2.09. The Morgan fingerprint density at radius 2 is 2.20 bits per heavy atom. The molecule has 3 N–H and O–H groups in total. The molecule has 1 aromatic heterocycles. The normalized spacial score (nSPS) is 10.1. The smallest absolute Gasteiger partial charge is 0.311 e. The number of aromatic nitrogens is 2. The summed E-state index contributed by atoms with van der Waals surface area (Å²) in [6.07, 6.45) is 2.93. The van der Waals surface area contributed by atoms with E-state index in [1.165, 1.54) is 18.5 Å². The molecule has 0 saturated carbocycles. The fourth-order valence-corrected chi connectivity index (χ4v) is 1.62. The molecular formula is C12H13N5O3. The van der Waals surface area contributed by atoms with E-state index >= 15 is 0 Å². The van der Waals surface area contributed by atoms with Crippen molar-refractivity contribution in [2.24, 2.45) is 5.84 Å². The molecular weight excluding hydrogens is 262 g/mol. The molecule has 104 valence electrons. The van der Waals surface area contributed by atoms with Gasteiger partial charge in [-0.2, -0.15) is 0 Å². The van der Waals surface area contributed by atoms with Gasteiger partial charge in [-0.25, -0.2) is 10.8 Å². The molecule has 0 bridgehead atoms. The Bertz CT molecular complexity index is 615. The maximum Gasteiger partial charge on any atom is 0.311 e. The Balaban J connectivity index is 2.16. The third-order valence-corrected chi connectivity index (χ3v) is 2.61. The SMILES string of the molecule is Cc1cccc([N+](=O)[O-])c1OCc1cnc(NN)cn1. The minimum absolute atomic E-state index is 0.0711. The molecule has 20 heavy (non-hydrogen) atoms. The summed E-state index contributed by atoms with van der Waals surface area (Å²) in [4.78, 5) is 18.5. The van der Waals surface area contributed by atoms with Crippen LogP contribution in [0, 0.1) is 17.0 Å². The topological polar surface area (TPSA) is 116 Å². The van der Waals surface area contributed by atoms with Gasteiger partial charge in [-0.15, -0.1) is 0 Å². The summed E-state index contributed by atoms with van der Waals surface area (Å²) >= 11 is 0. The summed E-state index contributed by atoms with van der Waals surface area (Å²) < 4.78 is 5.49. The number of nitrogens with two attached hydrogens (primary N) is 1. The molecule has 0 aliphatic rings. The Morgan fingerprint density at radius 3 is 2.80 bits per heavy atom. The maximum absolute atomic E-state index is 10.9. The highest BCUT2D eigenvalue weighted by atomic mass is 16.6. The van der Waals surface area contributed by atoms with E-state index in [0.717, 1.165) is 0 Å². The van der Waals surface area contributed by atoms with Gasteiger partial charge >= 0.3 is 5.69 Å². The predicted molar refractivity (Wildman–Crippen MR) is 72.0 cm³/mol. The molecule has 0 aliphatic heterocycles. The number of nitrogens with zero attached hydrogens (tertiary/aromatic N) is 3. The fourth-order valence-electron chi connectivity index (χ4n) is 1.62. The van der Waals surface area contributed by atoms with Crippen LogP contribution in [0.1, 0.15) is 11.3 Å². The van der Waals surface area contributed by atoms with Crippen molar-refractivity contribution < 1.29 is 9.66 Å². The van der Waals surface area contributed by atoms with E-state index in [2.05, 4.69) is 15.4 Å². The molecule has 0 radical (unpaired) electrons. The Labute approximate surface area is 114 Å². The van der Waals surface area contributed by atoms with Gasteiger partial charge in [0.1, 0.15) is 6.61 Å². The van der Waals surface area contributed by atoms with E-state index in [-0.39, 0.29) is 18.0 Å². The number of nitro groups is 1. The number of hydrogen-bond donors (Lipinski definition) is 2. The molecule has 0 aliphatic carbocycles. The number of nitrogen functional groups attached to an aromatic ring is 1. The zero-order valence-corrected chi connectivity index (χ0v) is 10.7. The van der Waals surface area contributed by atoms with Crippen LogP contribution in [0.4, 0.5) is 11.5 Å². The number of nitro benzene ring substituents is 1. The molecule has 0 saturated heterocycles. The van der Waals surface area contributed by atoms with Crippen molar-refractivity contribution in [1.29, 1.82) is 0 Å². The second-order valence-electron chi connectivity index (χ2n) is 4.01. The molecule has 0 unspecified atom stereocenters. The van der Waals surface area contributed by atoms with E-state index in [0.29, 0.717) is 17.1 Å². The number of benzene rings is 1. The molecule has 2 aromatic rings. The third-order valence-electron chi connectivity index (χ3n) is 2.61. The van der Waals surface area contributed by atoms with Gasteiger partial charge in [0.2, 0.25) is 0 Å². The highest BCUT2D eigenvalue weighted by Gasteiger charge is 2.17. The maximum atomic E-state index is 10.9. The minimum Gasteiger partial charge on any atom is -0.480 e. The minimum atomic E-state index is -0.477. The Kier molecular flexibility index (Phi) is 4.06. The first-order valence-corrected chi connectivity index (χ1v) is 5.76. The first kappa shape index (κ1) is 13.7. The number of aryl methyl sites for hydroxylation is 1. The van der Waals surface area contributed by atoms with E-state index < -0.39 is 4.92 Å². The van der Waals surface area contributed by atoms with Crippen molar-refractivity contribution in [1.82, 2.24) is 9.97 Å². The number of rotatable bonds is 5. The molecule has 8 heteroatoms. The Morgan fingerprint density at radius 1 is 1.40 bits per heavy atom. The molecule has 0 spiro atoms. The number of anilines is 1. The number of hydrogen-bond acceptors (Lipinski definition) is 7. The van der Waals surface area contributed by atoms with Crippen molar-refractivity contribution in [2.75, 3.05) is 5.43 Å². The van der Waals surface area contributed by atoms with Gasteiger partial charge in [-0.1, -0.05) is 12.1 Å². The Hall–Kier alpha value is -2.74. The van der Waals surface area contributed by atoms with Crippen LogP contribution in [-0.4, -0.2) is 14.9 Å². The highest BCUT2D eigenvalue weighted by Crippen LogP contribution is 2.30. The van der Waals surface area contributed by atoms with Crippen LogP contribution in [0.2, 0.25) is 0 Å². The zero-order chi connectivity index (χ0) is 14.5. The van der Waals surface area contributed by atoms with Gasteiger partial charge < -0.3 is 10.2 Å². The van der Waals surface area contributed by atoms with Gasteiger partial charge in [-0.3, -0.25) is 15.1 Å². The summed E-state index contributed by atoms with van der Waals surface area (Å²) in [7, 11) is 0. The second-order valence-corrected chi connectivity index (χ2v) is 4.01. The van der Waals surface area contributed by atoms with Gasteiger partial charge in [0, 0.05) is 6.07 Å². The van der Waals surface area contributed by atoms with E-state index in [1.807, 2.05) is 0 Å². The van der Waals surface area contributed by atoms with Crippen LogP contribution in [0.3, 0.4) is 0 Å². The second kappa shape index (κ2) is 5.93. The lowest BCUT2D eigenvalue weighted by atomic mass is 10.2. The van der Waals surface area contributed by atoms with Crippen molar-refractivity contribution in [2.45, 2.75) is 13.5 Å². The monoisotopic (exact) mass is 275 g/mol. The number of nitrogens with one attached hydrogen (secondary N) is 1. The predicted octanol–water partition coefficient (Wildman–Crippen LogP) is 1.56. The van der Waals surface area contributed by atoms with E-state index in [1.54, 1.807) is 19.1 Å². The highest BCUT2D eigenvalue weighted by molar-refractivity contribution is 5.51. The van der Waals surface area contributed by atoms with Crippen LogP contribution in [0.5, 0.6) is 5.75 Å². The number of ether oxygens (including phenoxy) is 1. The van der Waals surface area contributed by atoms with Crippen molar-refractivity contribution in [3.63, 3.8) is 0 Å². The number of para-hydroxylation sites is 1. The third kappa shape index (κ3) is 2.98. The van der Waals surface area contributed by atoms with Crippen LogP contribution in [0.15, 0.2) is 30.6 Å². The average Bonchev–Trinajstić information content (AvgIpc) is 2.46. The van der Waals surface area contributed by atoms with E-state index in [4.69, 9.17) is 10.6 Å². The zero-order valence-electron chi connectivity index (χ0n) is 10.7. The van der Waals surface area contributed by atoms with Crippen molar-refractivity contribution in [3.8, 4) is 5.75 Å². The van der Waals surface area contributed by atoms with Gasteiger partial charge in [0.05, 0.1) is 23.0 Å². The molecule has 1 heterocycles. The lowest BCUT2D eigenvalue weighted by Crippen LogP contribution is -2.10. The summed E-state index contributed by atoms with van der Waals surface area (Å²) in [6.45, 7) is 1.83. The average molecular weight is 275 g/mol. The first-order valence-electron chi connectivity index (χ1n) is 5.76. The molecule has 8 nitrogen and oxygen atoms in total. The van der Waals surface area contributed by atoms with Crippen LogP contribution in [-0.2, 0) is 6.61 Å². The largest absolute Gasteiger partial charge is 0.480 e. The first-order chi connectivity index (χ1) is 9.61. The quantitative estimate of drug-likeness (QED) is 0.483. The summed E-state index contributed by atoms with van der Waals surface area (Å²) in [5.41, 5.74) is 3.52. The van der Waals surface area contributed by atoms with Crippen LogP contribution in [0.25, 0.3) is 0 Å². The van der Waals surface area contributed by atoms with Crippen LogP contribution >= 0.6 is 0 Å². The molecule has 2 rings (SSSR count). The fraction of sp³-hybridized carbons (Fsp3) is 0.167. The van der Waals surface area contributed by atoms with Crippen molar-refractivity contribution >= 4 is 11.5 Å². The van der Waals surface area contributed by atoms with Gasteiger partial charge in [0.25, 0.3) is 0 Å². The van der Waals surface area contributed by atoms with Gasteiger partial charge in [-0.05, 0) is 12.5 Å². The summed E-state index contributed by atoms with van der Waals surface area (Å²) in [6, 6.07) is 4.76. The van der Waals surface area contributed by atoms with Gasteiger partial charge in [0.15, 0.2) is 11.6 Å². The molecule has 0 fully saturated rings. The molecule has 0 amide bonds. The standard InChI is InChI=1S/C12H13N5O3/c1-8-3-2-4-10(17(18)19)12(8)20-7-9-5-15-11(16-13)6-14-9/h2-6H,7,13H2,1H3,(H,15,16). The molecule has 1 aromatic carbocycles. The molecule has 0 atom stereocenters. The summed E-state index contributed by atoms with van der Waals surface area (Å²) in [5.74, 6) is 5.84. The lowest BCUT2D eigenvalue weighted by molar-refractivity contribution is -0.386. The van der Waals surface area contributed by atoms with Crippen LogP contribution < -0.4 is 16.0 Å². The van der Waals surface area contributed by atoms with E-state index in [9.17, 15) is 10.1 Å².